The average Bonchev–Trinajstić information content (AvgIpc) is 2.66. The second-order valence-electron chi connectivity index (χ2n) is 6.01. The molecule has 0 spiro atoms. The van der Waals surface area contributed by atoms with E-state index in [1.165, 1.54) is 13.8 Å². The molecule has 6 heteroatoms. The maximum atomic E-state index is 12.3. The highest BCUT2D eigenvalue weighted by Crippen LogP contribution is 2.17. The Morgan fingerprint density at radius 2 is 1.70 bits per heavy atom. The van der Waals surface area contributed by atoms with Gasteiger partial charge in [-0.1, -0.05) is 19.1 Å². The Balaban J connectivity index is 1.97. The molecule has 0 fully saturated rings. The number of hydrogen-bond donors (Lipinski definition) is 1. The van der Waals surface area contributed by atoms with E-state index in [1.807, 2.05) is 6.92 Å². The van der Waals surface area contributed by atoms with Gasteiger partial charge in [0.25, 0.3) is 5.91 Å². The van der Waals surface area contributed by atoms with Crippen LogP contribution in [-0.4, -0.2) is 30.4 Å². The molecule has 0 aliphatic heterocycles. The molecule has 0 radical (unpaired) electrons. The summed E-state index contributed by atoms with van der Waals surface area (Å²) in [5.41, 5.74) is 1.10. The summed E-state index contributed by atoms with van der Waals surface area (Å²) in [6.07, 6.45) is -0.128. The van der Waals surface area contributed by atoms with Gasteiger partial charge in [0.1, 0.15) is 5.75 Å². The number of ether oxygens (including phenoxy) is 2. The molecule has 0 bridgehead atoms. The molecule has 1 amide bonds. The highest BCUT2D eigenvalue weighted by atomic mass is 16.5. The van der Waals surface area contributed by atoms with Crippen LogP contribution in [0.3, 0.4) is 0 Å². The summed E-state index contributed by atoms with van der Waals surface area (Å²) in [7, 11) is 0. The van der Waals surface area contributed by atoms with Gasteiger partial charge < -0.3 is 14.8 Å². The summed E-state index contributed by atoms with van der Waals surface area (Å²) in [6.45, 7) is 5.50. The molecule has 0 aliphatic rings. The second kappa shape index (κ2) is 9.52. The van der Waals surface area contributed by atoms with Crippen molar-refractivity contribution < 1.29 is 23.9 Å². The minimum Gasteiger partial charge on any atom is -0.494 e. The highest BCUT2D eigenvalue weighted by molar-refractivity contribution is 6.05. The highest BCUT2D eigenvalue weighted by Gasteiger charge is 2.20. The quantitative estimate of drug-likeness (QED) is 0.564. The Labute approximate surface area is 158 Å². The summed E-state index contributed by atoms with van der Waals surface area (Å²) in [5, 5.41) is 2.62. The van der Waals surface area contributed by atoms with Crippen LogP contribution < -0.4 is 10.1 Å². The van der Waals surface area contributed by atoms with Gasteiger partial charge in [0.15, 0.2) is 11.9 Å². The third-order valence-corrected chi connectivity index (χ3v) is 3.78. The van der Waals surface area contributed by atoms with Crippen LogP contribution in [-0.2, 0) is 9.53 Å². The molecule has 2 aromatic carbocycles. The van der Waals surface area contributed by atoms with Gasteiger partial charge in [-0.3, -0.25) is 9.59 Å². The Morgan fingerprint density at radius 1 is 1.04 bits per heavy atom. The molecule has 27 heavy (non-hydrogen) atoms. The number of Topliss-reactive ketones (excluding diaryl/α,β-unsaturated/α-hetero) is 1. The van der Waals surface area contributed by atoms with E-state index in [9.17, 15) is 14.4 Å². The van der Waals surface area contributed by atoms with Crippen LogP contribution in [0, 0.1) is 0 Å². The summed E-state index contributed by atoms with van der Waals surface area (Å²) in [6, 6.07) is 13.2. The van der Waals surface area contributed by atoms with E-state index in [4.69, 9.17) is 9.47 Å². The van der Waals surface area contributed by atoms with Crippen LogP contribution in [0.5, 0.6) is 5.75 Å². The number of hydrogen-bond acceptors (Lipinski definition) is 5. The Hall–Kier alpha value is -3.15. The van der Waals surface area contributed by atoms with E-state index < -0.39 is 18.0 Å². The summed E-state index contributed by atoms with van der Waals surface area (Å²) < 4.78 is 10.7. The molecule has 0 aromatic heterocycles. The van der Waals surface area contributed by atoms with E-state index >= 15 is 0 Å². The van der Waals surface area contributed by atoms with Crippen molar-refractivity contribution in [2.24, 2.45) is 0 Å². The molecule has 0 aliphatic carbocycles. The first-order valence-corrected chi connectivity index (χ1v) is 8.77. The molecule has 0 heterocycles. The van der Waals surface area contributed by atoms with Crippen molar-refractivity contribution in [3.63, 3.8) is 0 Å². The molecular formula is C21H23NO5. The lowest BCUT2D eigenvalue weighted by Crippen LogP contribution is -2.30. The van der Waals surface area contributed by atoms with Crippen LogP contribution in [0.2, 0.25) is 0 Å². The molecule has 1 N–H and O–H groups in total. The lowest BCUT2D eigenvalue weighted by molar-refractivity contribution is -0.123. The van der Waals surface area contributed by atoms with Gasteiger partial charge in [-0.2, -0.15) is 0 Å². The predicted octanol–water partition coefficient (Wildman–Crippen LogP) is 3.86. The topological polar surface area (TPSA) is 81.7 Å². The number of nitrogens with one attached hydrogen (secondary N) is 1. The molecule has 2 aromatic rings. The van der Waals surface area contributed by atoms with E-state index in [2.05, 4.69) is 5.32 Å². The number of esters is 1. The van der Waals surface area contributed by atoms with Crippen molar-refractivity contribution in [2.75, 3.05) is 11.9 Å². The maximum Gasteiger partial charge on any atom is 0.338 e. The number of anilines is 1. The summed E-state index contributed by atoms with van der Waals surface area (Å²) in [5.74, 6) is -0.625. The van der Waals surface area contributed by atoms with Crippen LogP contribution in [0.4, 0.5) is 5.69 Å². The van der Waals surface area contributed by atoms with Crippen LogP contribution in [0.1, 0.15) is 47.9 Å². The molecule has 0 saturated carbocycles. The summed E-state index contributed by atoms with van der Waals surface area (Å²) >= 11 is 0. The van der Waals surface area contributed by atoms with Crippen molar-refractivity contribution in [2.45, 2.75) is 33.3 Å². The van der Waals surface area contributed by atoms with Crippen LogP contribution in [0.25, 0.3) is 0 Å². The Bertz CT molecular complexity index is 814. The molecule has 0 saturated heterocycles. The molecular weight excluding hydrogens is 346 g/mol. The van der Waals surface area contributed by atoms with Crippen molar-refractivity contribution in [1.29, 1.82) is 0 Å². The van der Waals surface area contributed by atoms with E-state index in [0.717, 1.165) is 6.42 Å². The smallest absolute Gasteiger partial charge is 0.338 e. The van der Waals surface area contributed by atoms with Crippen LogP contribution >= 0.6 is 0 Å². The number of rotatable bonds is 8. The number of para-hydroxylation sites is 1. The number of carbonyl (C=O) groups excluding carboxylic acids is 3. The van der Waals surface area contributed by atoms with E-state index in [0.29, 0.717) is 29.2 Å². The van der Waals surface area contributed by atoms with E-state index in [1.54, 1.807) is 48.5 Å². The lowest BCUT2D eigenvalue weighted by Gasteiger charge is -2.15. The van der Waals surface area contributed by atoms with Crippen molar-refractivity contribution in [3.05, 3.63) is 59.7 Å². The summed E-state index contributed by atoms with van der Waals surface area (Å²) in [4.78, 5) is 36.1. The molecule has 142 valence electrons. The first kappa shape index (κ1) is 20.2. The number of benzene rings is 2. The molecule has 0 unspecified atom stereocenters. The standard InChI is InChI=1S/C21H23NO5/c1-4-13-26-17-11-9-16(10-12-17)21(25)27-15(3)20(24)22-19-8-6-5-7-18(19)14(2)23/h5-12,15H,4,13H2,1-3H3,(H,22,24)/t15-/m1/s1. The van der Waals surface area contributed by atoms with Crippen molar-refractivity contribution in [3.8, 4) is 5.75 Å². The zero-order valence-electron chi connectivity index (χ0n) is 15.7. The first-order valence-electron chi connectivity index (χ1n) is 8.77. The van der Waals surface area contributed by atoms with Gasteiger partial charge in [-0.25, -0.2) is 4.79 Å². The second-order valence-corrected chi connectivity index (χ2v) is 6.01. The average molecular weight is 369 g/mol. The first-order chi connectivity index (χ1) is 12.9. The number of ketones is 1. The Morgan fingerprint density at radius 3 is 2.33 bits per heavy atom. The Kier molecular flexibility index (Phi) is 7.11. The fourth-order valence-corrected chi connectivity index (χ4v) is 2.32. The van der Waals surface area contributed by atoms with Gasteiger partial charge in [0.05, 0.1) is 17.9 Å². The number of amides is 1. The third kappa shape index (κ3) is 5.67. The minimum atomic E-state index is -1.02. The maximum absolute atomic E-state index is 12.3. The molecule has 1 atom stereocenters. The minimum absolute atomic E-state index is 0.166. The van der Waals surface area contributed by atoms with E-state index in [-0.39, 0.29) is 5.78 Å². The third-order valence-electron chi connectivity index (χ3n) is 3.78. The van der Waals surface area contributed by atoms with Gasteiger partial charge in [-0.05, 0) is 56.7 Å². The predicted molar refractivity (Wildman–Crippen MR) is 102 cm³/mol. The van der Waals surface area contributed by atoms with Crippen LogP contribution in [0.15, 0.2) is 48.5 Å². The number of carbonyl (C=O) groups is 3. The lowest BCUT2D eigenvalue weighted by atomic mass is 10.1. The SMILES string of the molecule is CCCOc1ccc(C(=O)O[C@H](C)C(=O)Nc2ccccc2C(C)=O)cc1. The zero-order chi connectivity index (χ0) is 19.8. The fourth-order valence-electron chi connectivity index (χ4n) is 2.32. The van der Waals surface area contributed by atoms with Crippen molar-refractivity contribution in [1.82, 2.24) is 0 Å². The van der Waals surface area contributed by atoms with Gasteiger partial charge in [0, 0.05) is 5.56 Å². The monoisotopic (exact) mass is 369 g/mol. The zero-order valence-corrected chi connectivity index (χ0v) is 15.7. The van der Waals surface area contributed by atoms with Gasteiger partial charge in [-0.15, -0.1) is 0 Å². The van der Waals surface area contributed by atoms with Gasteiger partial charge >= 0.3 is 5.97 Å². The largest absolute Gasteiger partial charge is 0.494 e. The van der Waals surface area contributed by atoms with Gasteiger partial charge in [0.2, 0.25) is 0 Å². The van der Waals surface area contributed by atoms with Crippen molar-refractivity contribution >= 4 is 23.3 Å². The fraction of sp³-hybridized carbons (Fsp3) is 0.286. The normalized spacial score (nSPS) is 11.4. The molecule has 2 rings (SSSR count). The molecule has 6 nitrogen and oxygen atoms in total.